The summed E-state index contributed by atoms with van der Waals surface area (Å²) in [5.74, 6) is 0.740. The zero-order valence-electron chi connectivity index (χ0n) is 19.6. The van der Waals surface area contributed by atoms with Crippen molar-refractivity contribution in [3.8, 4) is 11.5 Å². The molecule has 1 N–H and O–H groups in total. The van der Waals surface area contributed by atoms with E-state index in [4.69, 9.17) is 4.74 Å². The number of hydrogen-bond donors (Lipinski definition) is 1. The molecule has 6 nitrogen and oxygen atoms in total. The first kappa shape index (κ1) is 24.0. The number of carbonyl (C=O) groups is 1. The molecule has 3 aromatic carbocycles. The van der Waals surface area contributed by atoms with Crippen molar-refractivity contribution in [1.29, 1.82) is 0 Å². The molecule has 3 aromatic rings. The van der Waals surface area contributed by atoms with E-state index in [-0.39, 0.29) is 17.2 Å². The van der Waals surface area contributed by atoms with E-state index >= 15 is 0 Å². The Hall–Kier alpha value is -3.16. The van der Waals surface area contributed by atoms with Crippen molar-refractivity contribution in [1.82, 2.24) is 4.31 Å². The van der Waals surface area contributed by atoms with E-state index in [1.54, 1.807) is 24.3 Å². The van der Waals surface area contributed by atoms with Crippen molar-refractivity contribution in [2.45, 2.75) is 44.4 Å². The lowest BCUT2D eigenvalue weighted by atomic mass is 10.0. The van der Waals surface area contributed by atoms with Crippen LogP contribution in [0.4, 0.5) is 5.69 Å². The zero-order chi connectivity index (χ0) is 24.1. The Balaban J connectivity index is 1.62. The van der Waals surface area contributed by atoms with E-state index in [1.807, 2.05) is 50.2 Å². The number of nitrogens with zero attached hydrogens (tertiary/aromatic N) is 1. The SMILES string of the molecule is Cc1ccc(CC(=O)Nc2cc(S(=O)(=O)N3CCCCC3)ccc2Oc2ccccc2)cc1C. The molecule has 1 saturated heterocycles. The first-order valence-electron chi connectivity index (χ1n) is 11.6. The van der Waals surface area contributed by atoms with Crippen LogP contribution in [0.25, 0.3) is 0 Å². The Bertz CT molecular complexity index is 1270. The third kappa shape index (κ3) is 5.66. The predicted octanol–water partition coefficient (Wildman–Crippen LogP) is 5.45. The van der Waals surface area contributed by atoms with Crippen molar-refractivity contribution < 1.29 is 17.9 Å². The summed E-state index contributed by atoms with van der Waals surface area (Å²) in [6.07, 6.45) is 2.92. The van der Waals surface area contributed by atoms with E-state index < -0.39 is 10.0 Å². The molecule has 1 heterocycles. The molecular formula is C27H30N2O4S. The standard InChI is InChI=1S/C27H30N2O4S/c1-20-11-12-22(17-21(20)2)18-27(30)28-25-19-24(34(31,32)29-15-7-4-8-16-29)13-14-26(25)33-23-9-5-3-6-10-23/h3,5-6,9-14,17,19H,4,7-8,15-16,18H2,1-2H3,(H,28,30). The number of para-hydroxylation sites is 1. The Morgan fingerprint density at radius 2 is 1.65 bits per heavy atom. The van der Waals surface area contributed by atoms with Gasteiger partial charge in [0.05, 0.1) is 17.0 Å². The Morgan fingerprint density at radius 3 is 2.35 bits per heavy atom. The van der Waals surface area contributed by atoms with Gasteiger partial charge < -0.3 is 10.1 Å². The van der Waals surface area contributed by atoms with Gasteiger partial charge in [-0.3, -0.25) is 4.79 Å². The monoisotopic (exact) mass is 478 g/mol. The molecule has 0 radical (unpaired) electrons. The average Bonchev–Trinajstić information content (AvgIpc) is 2.83. The number of piperidine rings is 1. The first-order chi connectivity index (χ1) is 16.3. The molecule has 7 heteroatoms. The summed E-state index contributed by atoms with van der Waals surface area (Å²) in [7, 11) is -3.65. The minimum atomic E-state index is -3.65. The van der Waals surface area contributed by atoms with Crippen LogP contribution in [-0.4, -0.2) is 31.7 Å². The molecule has 1 aliphatic heterocycles. The molecule has 0 saturated carbocycles. The van der Waals surface area contributed by atoms with Crippen molar-refractivity contribution in [3.05, 3.63) is 83.4 Å². The van der Waals surface area contributed by atoms with E-state index in [0.29, 0.717) is 30.3 Å². The average molecular weight is 479 g/mol. The highest BCUT2D eigenvalue weighted by atomic mass is 32.2. The summed E-state index contributed by atoms with van der Waals surface area (Å²) >= 11 is 0. The fourth-order valence-corrected chi connectivity index (χ4v) is 5.56. The summed E-state index contributed by atoms with van der Waals surface area (Å²) in [6.45, 7) is 5.07. The van der Waals surface area contributed by atoms with Crippen LogP contribution in [0.1, 0.15) is 36.0 Å². The van der Waals surface area contributed by atoms with Crippen LogP contribution in [0.2, 0.25) is 0 Å². The number of hydrogen-bond acceptors (Lipinski definition) is 4. The summed E-state index contributed by atoms with van der Waals surface area (Å²) < 4.78 is 34.0. The second-order valence-corrected chi connectivity index (χ2v) is 10.6. The highest BCUT2D eigenvalue weighted by Gasteiger charge is 2.27. The van der Waals surface area contributed by atoms with Gasteiger partial charge in [0.2, 0.25) is 15.9 Å². The van der Waals surface area contributed by atoms with E-state index in [2.05, 4.69) is 5.32 Å². The highest BCUT2D eigenvalue weighted by Crippen LogP contribution is 2.33. The van der Waals surface area contributed by atoms with Gasteiger partial charge in [0.25, 0.3) is 0 Å². The maximum absolute atomic E-state index is 13.2. The molecule has 34 heavy (non-hydrogen) atoms. The maximum atomic E-state index is 13.2. The molecule has 0 bridgehead atoms. The van der Waals surface area contributed by atoms with Crippen LogP contribution >= 0.6 is 0 Å². The summed E-state index contributed by atoms with van der Waals surface area (Å²) in [5.41, 5.74) is 3.50. The molecular weight excluding hydrogens is 448 g/mol. The van der Waals surface area contributed by atoms with E-state index in [0.717, 1.165) is 30.4 Å². The van der Waals surface area contributed by atoms with Gasteiger partial charge in [-0.2, -0.15) is 4.31 Å². The fraction of sp³-hybridized carbons (Fsp3) is 0.296. The lowest BCUT2D eigenvalue weighted by Crippen LogP contribution is -2.35. The fourth-order valence-electron chi connectivity index (χ4n) is 4.02. The molecule has 1 amide bonds. The quantitative estimate of drug-likeness (QED) is 0.490. The van der Waals surface area contributed by atoms with Gasteiger partial charge in [0, 0.05) is 13.1 Å². The van der Waals surface area contributed by atoms with Gasteiger partial charge >= 0.3 is 0 Å². The summed E-state index contributed by atoms with van der Waals surface area (Å²) in [4.78, 5) is 13.1. The second kappa shape index (κ2) is 10.4. The largest absolute Gasteiger partial charge is 0.455 e. The van der Waals surface area contributed by atoms with E-state index in [1.165, 1.54) is 15.9 Å². The van der Waals surface area contributed by atoms with Gasteiger partial charge in [0.15, 0.2) is 5.75 Å². The van der Waals surface area contributed by atoms with Crippen LogP contribution in [0.15, 0.2) is 71.6 Å². The molecule has 0 aliphatic carbocycles. The highest BCUT2D eigenvalue weighted by molar-refractivity contribution is 7.89. The number of benzene rings is 3. The van der Waals surface area contributed by atoms with Gasteiger partial charge in [0.1, 0.15) is 5.75 Å². The van der Waals surface area contributed by atoms with Crippen molar-refractivity contribution in [2.75, 3.05) is 18.4 Å². The van der Waals surface area contributed by atoms with Crippen molar-refractivity contribution >= 4 is 21.6 Å². The van der Waals surface area contributed by atoms with Crippen LogP contribution in [-0.2, 0) is 21.2 Å². The second-order valence-electron chi connectivity index (χ2n) is 8.68. The van der Waals surface area contributed by atoms with E-state index in [9.17, 15) is 13.2 Å². The summed E-state index contributed by atoms with van der Waals surface area (Å²) in [6, 6.07) is 19.8. The molecule has 0 atom stereocenters. The topological polar surface area (TPSA) is 75.7 Å². The van der Waals surface area contributed by atoms with Gasteiger partial charge in [-0.1, -0.05) is 42.8 Å². The minimum Gasteiger partial charge on any atom is -0.455 e. The molecule has 0 aromatic heterocycles. The number of anilines is 1. The zero-order valence-corrected chi connectivity index (χ0v) is 20.4. The normalized spacial score (nSPS) is 14.5. The summed E-state index contributed by atoms with van der Waals surface area (Å²) in [5, 5.41) is 2.88. The molecule has 178 valence electrons. The Labute approximate surface area is 201 Å². The number of aryl methyl sites for hydroxylation is 2. The number of ether oxygens (including phenoxy) is 1. The third-order valence-electron chi connectivity index (χ3n) is 6.08. The molecule has 4 rings (SSSR count). The van der Waals surface area contributed by atoms with Gasteiger partial charge in [-0.25, -0.2) is 8.42 Å². The van der Waals surface area contributed by atoms with Crippen molar-refractivity contribution in [3.63, 3.8) is 0 Å². The lowest BCUT2D eigenvalue weighted by molar-refractivity contribution is -0.115. The number of rotatable bonds is 7. The number of amides is 1. The van der Waals surface area contributed by atoms with Gasteiger partial charge in [-0.15, -0.1) is 0 Å². The number of carbonyl (C=O) groups excluding carboxylic acids is 1. The van der Waals surface area contributed by atoms with Gasteiger partial charge in [-0.05, 0) is 73.7 Å². The number of nitrogens with one attached hydrogen (secondary N) is 1. The molecule has 1 aliphatic rings. The molecule has 0 unspecified atom stereocenters. The van der Waals surface area contributed by atoms with Crippen LogP contribution in [0, 0.1) is 13.8 Å². The van der Waals surface area contributed by atoms with Crippen LogP contribution in [0.3, 0.4) is 0 Å². The van der Waals surface area contributed by atoms with Crippen molar-refractivity contribution in [2.24, 2.45) is 0 Å². The Morgan fingerprint density at radius 1 is 0.912 bits per heavy atom. The maximum Gasteiger partial charge on any atom is 0.243 e. The third-order valence-corrected chi connectivity index (χ3v) is 7.98. The predicted molar refractivity (Wildman–Crippen MR) is 134 cm³/mol. The minimum absolute atomic E-state index is 0.149. The van der Waals surface area contributed by atoms with Crippen LogP contribution in [0.5, 0.6) is 11.5 Å². The lowest BCUT2D eigenvalue weighted by Gasteiger charge is -2.26. The smallest absolute Gasteiger partial charge is 0.243 e. The van der Waals surface area contributed by atoms with Crippen LogP contribution < -0.4 is 10.1 Å². The molecule has 1 fully saturated rings. The number of sulfonamides is 1. The molecule has 0 spiro atoms. The Kier molecular flexibility index (Phi) is 7.34. The first-order valence-corrected chi connectivity index (χ1v) is 13.0.